The van der Waals surface area contributed by atoms with E-state index >= 15 is 0 Å². The maximum Gasteiger partial charge on any atom is 0.300 e. The summed E-state index contributed by atoms with van der Waals surface area (Å²) in [5.41, 5.74) is 2.02. The highest BCUT2D eigenvalue weighted by Gasteiger charge is 2.48. The third-order valence-electron chi connectivity index (χ3n) is 5.91. The van der Waals surface area contributed by atoms with Crippen molar-refractivity contribution in [3.05, 3.63) is 83.3 Å². The van der Waals surface area contributed by atoms with Crippen LogP contribution >= 0.6 is 0 Å². The van der Waals surface area contributed by atoms with Gasteiger partial charge in [0.15, 0.2) is 0 Å². The van der Waals surface area contributed by atoms with E-state index in [9.17, 15) is 19.5 Å². The number of nitrogens with zero attached hydrogens (tertiary/aromatic N) is 1. The Bertz CT molecular complexity index is 1340. The average molecular weight is 489 g/mol. The lowest BCUT2D eigenvalue weighted by Gasteiger charge is -2.24. The van der Waals surface area contributed by atoms with Crippen LogP contribution in [0.4, 0.5) is 11.4 Å². The quantitative estimate of drug-likeness (QED) is 0.262. The fourth-order valence-corrected chi connectivity index (χ4v) is 4.34. The number of hydrogen-bond acceptors (Lipinski definition) is 6. The minimum Gasteiger partial charge on any atom is -0.507 e. The number of ether oxygens (including phenoxy) is 1. The first kappa shape index (κ1) is 24.8. The fourth-order valence-electron chi connectivity index (χ4n) is 4.34. The summed E-state index contributed by atoms with van der Waals surface area (Å²) in [6.07, 6.45) is 1.44. The smallest absolute Gasteiger partial charge is 0.300 e. The lowest BCUT2D eigenvalue weighted by atomic mass is 9.95. The Hall–Kier alpha value is -4.33. The van der Waals surface area contributed by atoms with E-state index in [2.05, 4.69) is 5.32 Å². The van der Waals surface area contributed by atoms with Crippen LogP contribution in [0.15, 0.2) is 70.9 Å². The number of Topliss-reactive ketones (excluding diaryl/α,β-unsaturated/α-hetero) is 1. The molecule has 36 heavy (non-hydrogen) atoms. The third kappa shape index (κ3) is 4.62. The molecule has 1 saturated heterocycles. The molecule has 2 heterocycles. The highest BCUT2D eigenvalue weighted by Crippen LogP contribution is 2.43. The van der Waals surface area contributed by atoms with Crippen LogP contribution in [0.2, 0.25) is 0 Å². The molecule has 1 atom stereocenters. The number of rotatable bonds is 7. The molecule has 0 aliphatic carbocycles. The number of hydrogen-bond donors (Lipinski definition) is 2. The topological polar surface area (TPSA) is 109 Å². The Balaban J connectivity index is 1.88. The molecule has 8 nitrogen and oxygen atoms in total. The molecule has 2 N–H and O–H groups in total. The number of carbonyl (C=O) groups is 3. The molecular weight excluding hydrogens is 460 g/mol. The Morgan fingerprint density at radius 2 is 1.92 bits per heavy atom. The Morgan fingerprint density at radius 1 is 1.14 bits per heavy atom. The van der Waals surface area contributed by atoms with Gasteiger partial charge in [0.25, 0.3) is 11.7 Å². The first-order valence-electron chi connectivity index (χ1n) is 11.7. The maximum atomic E-state index is 13.3. The van der Waals surface area contributed by atoms with Crippen molar-refractivity contribution in [1.82, 2.24) is 0 Å². The molecule has 2 amide bonds. The number of nitrogens with one attached hydrogen (secondary N) is 1. The molecule has 1 aromatic heterocycles. The van der Waals surface area contributed by atoms with E-state index in [4.69, 9.17) is 9.15 Å². The van der Waals surface area contributed by atoms with E-state index in [1.54, 1.807) is 54.6 Å². The van der Waals surface area contributed by atoms with Crippen molar-refractivity contribution in [2.75, 3.05) is 16.8 Å². The first-order chi connectivity index (χ1) is 17.2. The highest BCUT2D eigenvalue weighted by molar-refractivity contribution is 6.51. The molecule has 1 unspecified atom stereocenters. The van der Waals surface area contributed by atoms with Gasteiger partial charge in [-0.05, 0) is 66.9 Å². The molecule has 1 aliphatic rings. The van der Waals surface area contributed by atoms with Gasteiger partial charge in [0.1, 0.15) is 23.3 Å². The van der Waals surface area contributed by atoms with Gasteiger partial charge >= 0.3 is 0 Å². The fraction of sp³-hybridized carbons (Fsp3) is 0.250. The third-order valence-corrected chi connectivity index (χ3v) is 5.91. The summed E-state index contributed by atoms with van der Waals surface area (Å²) < 4.78 is 11.3. The normalized spacial score (nSPS) is 17.0. The molecule has 3 aromatic rings. The number of aliphatic hydroxyl groups is 1. The number of anilines is 2. The van der Waals surface area contributed by atoms with Crippen LogP contribution < -0.4 is 15.0 Å². The predicted molar refractivity (Wildman–Crippen MR) is 136 cm³/mol. The van der Waals surface area contributed by atoms with Gasteiger partial charge < -0.3 is 19.6 Å². The largest absolute Gasteiger partial charge is 0.507 e. The second kappa shape index (κ2) is 10.1. The van der Waals surface area contributed by atoms with Crippen LogP contribution in [0.3, 0.4) is 0 Å². The standard InChI is InChI=1S/C28H28N2O6/c1-5-35-22-12-11-18(14-21(22)16(2)3)26(32)24-25(23-10-7-13-36-23)30(28(34)27(24)33)20-9-6-8-19(15-20)29-17(4)31/h6-16,25,32H,5H2,1-4H3,(H,29,31)/b26-24-. The summed E-state index contributed by atoms with van der Waals surface area (Å²) in [5.74, 6) is -1.11. The van der Waals surface area contributed by atoms with Gasteiger partial charge in [0.05, 0.1) is 18.4 Å². The van der Waals surface area contributed by atoms with Gasteiger partial charge in [0.2, 0.25) is 5.91 Å². The maximum absolute atomic E-state index is 13.3. The number of carbonyl (C=O) groups excluding carboxylic acids is 3. The number of furan rings is 1. The van der Waals surface area contributed by atoms with Crippen LogP contribution in [-0.2, 0) is 14.4 Å². The zero-order valence-corrected chi connectivity index (χ0v) is 20.6. The summed E-state index contributed by atoms with van der Waals surface area (Å²) in [5, 5.41) is 14.1. The molecule has 0 saturated carbocycles. The van der Waals surface area contributed by atoms with E-state index in [0.29, 0.717) is 35.1 Å². The summed E-state index contributed by atoms with van der Waals surface area (Å²) in [4.78, 5) is 39.4. The van der Waals surface area contributed by atoms with Gasteiger partial charge in [-0.25, -0.2) is 0 Å². The Labute approximate surface area is 209 Å². The molecule has 0 radical (unpaired) electrons. The molecular formula is C28H28N2O6. The van der Waals surface area contributed by atoms with Gasteiger partial charge in [-0.15, -0.1) is 0 Å². The lowest BCUT2D eigenvalue weighted by molar-refractivity contribution is -0.132. The molecule has 0 spiro atoms. The van der Waals surface area contributed by atoms with Crippen LogP contribution in [0.5, 0.6) is 5.75 Å². The molecule has 8 heteroatoms. The molecule has 1 aliphatic heterocycles. The molecule has 186 valence electrons. The minimum atomic E-state index is -0.998. The monoisotopic (exact) mass is 488 g/mol. The van der Waals surface area contributed by atoms with Gasteiger partial charge in [-0.2, -0.15) is 0 Å². The van der Waals surface area contributed by atoms with Crippen molar-refractivity contribution in [2.24, 2.45) is 0 Å². The van der Waals surface area contributed by atoms with Gasteiger partial charge in [-0.1, -0.05) is 19.9 Å². The summed E-state index contributed by atoms with van der Waals surface area (Å²) in [7, 11) is 0. The van der Waals surface area contributed by atoms with Crippen molar-refractivity contribution in [3.63, 3.8) is 0 Å². The predicted octanol–water partition coefficient (Wildman–Crippen LogP) is 5.39. The summed E-state index contributed by atoms with van der Waals surface area (Å²) in [6, 6.07) is 14.1. The van der Waals surface area contributed by atoms with Gasteiger partial charge in [0, 0.05) is 23.9 Å². The number of ketones is 1. The highest BCUT2D eigenvalue weighted by atomic mass is 16.5. The Kier molecular flexibility index (Phi) is 6.96. The second-order valence-electron chi connectivity index (χ2n) is 8.76. The van der Waals surface area contributed by atoms with Gasteiger partial charge in [-0.3, -0.25) is 19.3 Å². The van der Waals surface area contributed by atoms with Crippen molar-refractivity contribution < 1.29 is 28.6 Å². The summed E-state index contributed by atoms with van der Waals surface area (Å²) in [6.45, 7) is 7.77. The lowest BCUT2D eigenvalue weighted by Crippen LogP contribution is -2.29. The average Bonchev–Trinajstić information content (AvgIpc) is 3.45. The van der Waals surface area contributed by atoms with E-state index in [1.807, 2.05) is 20.8 Å². The van der Waals surface area contributed by atoms with E-state index < -0.39 is 17.7 Å². The van der Waals surface area contributed by atoms with Crippen molar-refractivity contribution in [1.29, 1.82) is 0 Å². The van der Waals surface area contributed by atoms with Crippen LogP contribution in [0.25, 0.3) is 5.76 Å². The zero-order chi connectivity index (χ0) is 26.0. The molecule has 0 bridgehead atoms. The van der Waals surface area contributed by atoms with E-state index in [0.717, 1.165) is 5.56 Å². The summed E-state index contributed by atoms with van der Waals surface area (Å²) >= 11 is 0. The van der Waals surface area contributed by atoms with Crippen LogP contribution in [-0.4, -0.2) is 29.3 Å². The molecule has 4 rings (SSSR count). The number of benzene rings is 2. The molecule has 1 fully saturated rings. The molecule has 2 aromatic carbocycles. The van der Waals surface area contributed by atoms with Crippen LogP contribution in [0.1, 0.15) is 56.5 Å². The minimum absolute atomic E-state index is 0.0845. The van der Waals surface area contributed by atoms with E-state index in [-0.39, 0.29) is 23.2 Å². The zero-order valence-electron chi connectivity index (χ0n) is 20.6. The van der Waals surface area contributed by atoms with Crippen molar-refractivity contribution >= 4 is 34.7 Å². The number of amides is 2. The van der Waals surface area contributed by atoms with Crippen molar-refractivity contribution in [2.45, 2.75) is 39.7 Å². The Morgan fingerprint density at radius 3 is 2.56 bits per heavy atom. The second-order valence-corrected chi connectivity index (χ2v) is 8.76. The first-order valence-corrected chi connectivity index (χ1v) is 11.7. The van der Waals surface area contributed by atoms with Crippen molar-refractivity contribution in [3.8, 4) is 5.75 Å². The van der Waals surface area contributed by atoms with Crippen LogP contribution in [0, 0.1) is 0 Å². The number of aliphatic hydroxyl groups excluding tert-OH is 1. The van der Waals surface area contributed by atoms with E-state index in [1.165, 1.54) is 18.1 Å². The SMILES string of the molecule is CCOc1ccc(/C(O)=C2/C(=O)C(=O)N(c3cccc(NC(C)=O)c3)C2c2ccco2)cc1C(C)C.